The van der Waals surface area contributed by atoms with Crippen LogP contribution in [0.2, 0.25) is 5.02 Å². The highest BCUT2D eigenvalue weighted by atomic mass is 35.5. The Bertz CT molecular complexity index is 443. The molecule has 0 saturated carbocycles. The van der Waals surface area contributed by atoms with Crippen molar-refractivity contribution in [3.05, 3.63) is 28.8 Å². The molecule has 1 aliphatic rings. The Balaban J connectivity index is 1.90. The van der Waals surface area contributed by atoms with E-state index >= 15 is 0 Å². The topological polar surface area (TPSA) is 41.6 Å². The molecule has 0 spiro atoms. The van der Waals surface area contributed by atoms with Crippen molar-refractivity contribution < 1.29 is 9.53 Å². The largest absolute Gasteiger partial charge is 0.483 e. The zero-order valence-electron chi connectivity index (χ0n) is 11.1. The molecule has 5 heteroatoms. The zero-order valence-corrected chi connectivity index (χ0v) is 11.9. The lowest BCUT2D eigenvalue weighted by atomic mass is 10.2. The molecule has 0 bridgehead atoms. The lowest BCUT2D eigenvalue weighted by Crippen LogP contribution is -2.37. The van der Waals surface area contributed by atoms with E-state index < -0.39 is 0 Å². The van der Waals surface area contributed by atoms with Crippen LogP contribution in [0.25, 0.3) is 0 Å². The summed E-state index contributed by atoms with van der Waals surface area (Å²) in [6.07, 6.45) is 0.988. The van der Waals surface area contributed by atoms with E-state index in [0.29, 0.717) is 10.8 Å². The molecule has 1 saturated heterocycles. The minimum Gasteiger partial charge on any atom is -0.483 e. The maximum Gasteiger partial charge on any atom is 0.260 e. The van der Waals surface area contributed by atoms with Gasteiger partial charge in [-0.25, -0.2) is 0 Å². The number of benzene rings is 1. The van der Waals surface area contributed by atoms with Gasteiger partial charge in [-0.3, -0.25) is 4.79 Å². The third kappa shape index (κ3) is 4.11. The van der Waals surface area contributed by atoms with Crippen molar-refractivity contribution in [2.75, 3.05) is 32.8 Å². The summed E-state index contributed by atoms with van der Waals surface area (Å²) in [5.74, 6) is 0.705. The van der Waals surface area contributed by atoms with Crippen LogP contribution in [-0.2, 0) is 4.79 Å². The highest BCUT2D eigenvalue weighted by Gasteiger charge is 2.16. The van der Waals surface area contributed by atoms with Crippen LogP contribution in [0.1, 0.15) is 12.0 Å². The minimum absolute atomic E-state index is 0.0306. The Kier molecular flexibility index (Phi) is 5.05. The summed E-state index contributed by atoms with van der Waals surface area (Å²) in [5.41, 5.74) is 0.981. The smallest absolute Gasteiger partial charge is 0.260 e. The number of nitrogens with one attached hydrogen (secondary N) is 1. The Morgan fingerprint density at radius 2 is 2.26 bits per heavy atom. The lowest BCUT2D eigenvalue weighted by molar-refractivity contribution is -0.133. The summed E-state index contributed by atoms with van der Waals surface area (Å²) in [6, 6.07) is 5.44. The molecular formula is C14H19ClN2O2. The number of hydrogen-bond donors (Lipinski definition) is 1. The van der Waals surface area contributed by atoms with Gasteiger partial charge in [0.2, 0.25) is 0 Å². The molecule has 1 fully saturated rings. The first-order valence-corrected chi connectivity index (χ1v) is 6.92. The van der Waals surface area contributed by atoms with E-state index in [2.05, 4.69) is 5.32 Å². The van der Waals surface area contributed by atoms with Crippen molar-refractivity contribution in [3.8, 4) is 5.75 Å². The van der Waals surface area contributed by atoms with Gasteiger partial charge in [-0.2, -0.15) is 0 Å². The molecule has 1 aromatic rings. The average molecular weight is 283 g/mol. The number of carbonyl (C=O) groups excluding carboxylic acids is 1. The van der Waals surface area contributed by atoms with Gasteiger partial charge >= 0.3 is 0 Å². The fraction of sp³-hybridized carbons (Fsp3) is 0.500. The van der Waals surface area contributed by atoms with Gasteiger partial charge in [0.1, 0.15) is 5.75 Å². The van der Waals surface area contributed by atoms with E-state index in [-0.39, 0.29) is 12.5 Å². The molecule has 1 amide bonds. The molecule has 0 aliphatic carbocycles. The summed E-state index contributed by atoms with van der Waals surface area (Å²) in [6.45, 7) is 5.37. The Morgan fingerprint density at radius 3 is 3.11 bits per heavy atom. The van der Waals surface area contributed by atoms with Crippen LogP contribution in [0, 0.1) is 6.92 Å². The van der Waals surface area contributed by atoms with Gasteiger partial charge in [-0.1, -0.05) is 17.7 Å². The highest BCUT2D eigenvalue weighted by molar-refractivity contribution is 6.30. The number of hydrogen-bond acceptors (Lipinski definition) is 3. The number of ether oxygens (including phenoxy) is 1. The Labute approximate surface area is 118 Å². The molecule has 0 unspecified atom stereocenters. The standard InChI is InChI=1S/C14H19ClN2O2/c1-11-3-4-12(15)9-13(11)19-10-14(18)17-7-2-5-16-6-8-17/h3-4,9,16H,2,5-8,10H2,1H3. The summed E-state index contributed by atoms with van der Waals surface area (Å²) in [5, 5.41) is 3.89. The second-order valence-corrected chi connectivity index (χ2v) is 5.12. The first-order chi connectivity index (χ1) is 9.16. The van der Waals surface area contributed by atoms with Crippen LogP contribution < -0.4 is 10.1 Å². The molecule has 1 N–H and O–H groups in total. The van der Waals surface area contributed by atoms with Gasteiger partial charge < -0.3 is 15.0 Å². The SMILES string of the molecule is Cc1ccc(Cl)cc1OCC(=O)N1CCCNCC1. The van der Waals surface area contributed by atoms with Gasteiger partial charge in [-0.05, 0) is 37.6 Å². The Hall–Kier alpha value is -1.26. The molecule has 1 aromatic carbocycles. The fourth-order valence-corrected chi connectivity index (χ4v) is 2.22. The van der Waals surface area contributed by atoms with Gasteiger partial charge in [-0.15, -0.1) is 0 Å². The molecular weight excluding hydrogens is 264 g/mol. The van der Waals surface area contributed by atoms with E-state index in [9.17, 15) is 4.79 Å². The summed E-state index contributed by atoms with van der Waals surface area (Å²) < 4.78 is 5.58. The van der Waals surface area contributed by atoms with Gasteiger partial charge in [0.25, 0.3) is 5.91 Å². The Morgan fingerprint density at radius 1 is 1.42 bits per heavy atom. The fourth-order valence-electron chi connectivity index (χ4n) is 2.06. The zero-order chi connectivity index (χ0) is 13.7. The van der Waals surface area contributed by atoms with E-state index in [4.69, 9.17) is 16.3 Å². The maximum atomic E-state index is 12.1. The van der Waals surface area contributed by atoms with Crippen LogP contribution >= 0.6 is 11.6 Å². The summed E-state index contributed by atoms with van der Waals surface area (Å²) in [4.78, 5) is 13.9. The lowest BCUT2D eigenvalue weighted by Gasteiger charge is -2.20. The van der Waals surface area contributed by atoms with Gasteiger partial charge in [0.15, 0.2) is 6.61 Å². The van der Waals surface area contributed by atoms with Crippen molar-refractivity contribution in [1.82, 2.24) is 10.2 Å². The van der Waals surface area contributed by atoms with E-state index in [0.717, 1.165) is 38.2 Å². The number of carbonyl (C=O) groups is 1. The van der Waals surface area contributed by atoms with Crippen molar-refractivity contribution in [2.24, 2.45) is 0 Å². The van der Waals surface area contributed by atoms with Crippen LogP contribution in [0.5, 0.6) is 5.75 Å². The number of nitrogens with zero attached hydrogens (tertiary/aromatic N) is 1. The summed E-state index contributed by atoms with van der Waals surface area (Å²) in [7, 11) is 0. The van der Waals surface area contributed by atoms with Crippen molar-refractivity contribution >= 4 is 17.5 Å². The molecule has 0 radical (unpaired) electrons. The van der Waals surface area contributed by atoms with Crippen LogP contribution in [0.15, 0.2) is 18.2 Å². The second kappa shape index (κ2) is 6.78. The molecule has 1 aliphatic heterocycles. The molecule has 0 aromatic heterocycles. The second-order valence-electron chi connectivity index (χ2n) is 4.68. The molecule has 2 rings (SSSR count). The minimum atomic E-state index is 0.0306. The van der Waals surface area contributed by atoms with Crippen LogP contribution in [0.4, 0.5) is 0 Å². The molecule has 19 heavy (non-hydrogen) atoms. The van der Waals surface area contributed by atoms with Gasteiger partial charge in [0, 0.05) is 24.7 Å². The predicted octanol–water partition coefficient (Wildman–Crippen LogP) is 1.85. The van der Waals surface area contributed by atoms with Crippen LogP contribution in [-0.4, -0.2) is 43.6 Å². The predicted molar refractivity (Wildman–Crippen MR) is 75.8 cm³/mol. The number of rotatable bonds is 3. The number of halogens is 1. The van der Waals surface area contributed by atoms with E-state index in [1.165, 1.54) is 0 Å². The van der Waals surface area contributed by atoms with Crippen molar-refractivity contribution in [3.63, 3.8) is 0 Å². The first-order valence-electron chi connectivity index (χ1n) is 6.54. The van der Waals surface area contributed by atoms with E-state index in [1.54, 1.807) is 6.07 Å². The first kappa shape index (κ1) is 14.2. The quantitative estimate of drug-likeness (QED) is 0.920. The normalized spacial score (nSPS) is 16.0. The number of aryl methyl sites for hydroxylation is 1. The van der Waals surface area contributed by atoms with E-state index in [1.807, 2.05) is 24.0 Å². The monoisotopic (exact) mass is 282 g/mol. The maximum absolute atomic E-state index is 12.1. The summed E-state index contributed by atoms with van der Waals surface area (Å²) >= 11 is 5.92. The molecule has 4 nitrogen and oxygen atoms in total. The third-order valence-corrected chi connectivity index (χ3v) is 3.43. The average Bonchev–Trinajstić information content (AvgIpc) is 2.68. The van der Waals surface area contributed by atoms with Crippen LogP contribution in [0.3, 0.4) is 0 Å². The third-order valence-electron chi connectivity index (χ3n) is 3.19. The molecule has 104 valence electrons. The number of amides is 1. The van der Waals surface area contributed by atoms with Crippen molar-refractivity contribution in [1.29, 1.82) is 0 Å². The molecule has 1 heterocycles. The van der Waals surface area contributed by atoms with Crippen molar-refractivity contribution in [2.45, 2.75) is 13.3 Å². The molecule has 0 atom stereocenters. The van der Waals surface area contributed by atoms with Gasteiger partial charge in [0.05, 0.1) is 0 Å². The highest BCUT2D eigenvalue weighted by Crippen LogP contribution is 2.22.